The van der Waals surface area contributed by atoms with Crippen LogP contribution in [0.5, 0.6) is 5.75 Å². The molecule has 0 aliphatic carbocycles. The average Bonchev–Trinajstić information content (AvgIpc) is 2.22. The zero-order chi connectivity index (χ0) is 11.3. The van der Waals surface area contributed by atoms with Gasteiger partial charge in [0.1, 0.15) is 11.8 Å². The molecule has 0 amide bonds. The Morgan fingerprint density at radius 2 is 2.40 bits per heavy atom. The molecule has 3 heteroatoms. The van der Waals surface area contributed by atoms with Gasteiger partial charge >= 0.3 is 0 Å². The lowest BCUT2D eigenvalue weighted by molar-refractivity contribution is 0.274. The summed E-state index contributed by atoms with van der Waals surface area (Å²) in [5.74, 6) is 0.693. The second kappa shape index (κ2) is 5.06. The lowest BCUT2D eigenvalue weighted by Crippen LogP contribution is -2.09. The highest BCUT2D eigenvalue weighted by molar-refractivity contribution is 5.48. The first-order chi connectivity index (χ1) is 7.17. The number of allylic oxidation sites excluding steroid dienone is 1. The van der Waals surface area contributed by atoms with E-state index in [-0.39, 0.29) is 0 Å². The van der Waals surface area contributed by atoms with Crippen LogP contribution in [0.3, 0.4) is 0 Å². The van der Waals surface area contributed by atoms with Crippen molar-refractivity contribution in [1.29, 1.82) is 5.26 Å². The number of anilines is 1. The van der Waals surface area contributed by atoms with Crippen LogP contribution in [-0.2, 0) is 6.42 Å². The highest BCUT2D eigenvalue weighted by atomic mass is 16.5. The summed E-state index contributed by atoms with van der Waals surface area (Å²) in [6, 6.07) is 7.39. The van der Waals surface area contributed by atoms with E-state index in [1.165, 1.54) is 0 Å². The molecular formula is C12H14N2O. The maximum Gasteiger partial charge on any atom is 0.181 e. The molecule has 1 rings (SSSR count). The van der Waals surface area contributed by atoms with Crippen molar-refractivity contribution < 1.29 is 4.74 Å². The zero-order valence-corrected chi connectivity index (χ0v) is 8.73. The zero-order valence-electron chi connectivity index (χ0n) is 8.73. The van der Waals surface area contributed by atoms with E-state index in [4.69, 9.17) is 15.7 Å². The summed E-state index contributed by atoms with van der Waals surface area (Å²) >= 11 is 0. The third kappa shape index (κ3) is 3.03. The summed E-state index contributed by atoms with van der Waals surface area (Å²) in [5, 5.41) is 8.65. The predicted molar refractivity (Wildman–Crippen MR) is 60.5 cm³/mol. The molecule has 0 saturated heterocycles. The third-order valence-corrected chi connectivity index (χ3v) is 1.93. The second-order valence-electron chi connectivity index (χ2n) is 3.25. The van der Waals surface area contributed by atoms with Gasteiger partial charge in [0.2, 0.25) is 0 Å². The Morgan fingerprint density at radius 1 is 1.67 bits per heavy atom. The quantitative estimate of drug-likeness (QED) is 0.602. The number of nitrogens with zero attached hydrogens (tertiary/aromatic N) is 1. The van der Waals surface area contributed by atoms with Gasteiger partial charge in [-0.3, -0.25) is 0 Å². The summed E-state index contributed by atoms with van der Waals surface area (Å²) in [4.78, 5) is 0. The molecule has 0 fully saturated rings. The fourth-order valence-corrected chi connectivity index (χ4v) is 1.25. The molecule has 1 atom stereocenters. The maximum absolute atomic E-state index is 8.65. The number of ether oxygens (including phenoxy) is 1. The van der Waals surface area contributed by atoms with Crippen LogP contribution in [-0.4, -0.2) is 6.10 Å². The maximum atomic E-state index is 8.65. The number of nitrogens with two attached hydrogens (primary N) is 1. The molecule has 15 heavy (non-hydrogen) atoms. The predicted octanol–water partition coefficient (Wildman–Crippen LogP) is 2.29. The molecule has 0 aliphatic rings. The molecule has 0 spiro atoms. The van der Waals surface area contributed by atoms with Crippen molar-refractivity contribution in [3.63, 3.8) is 0 Å². The van der Waals surface area contributed by atoms with E-state index in [1.807, 2.05) is 12.1 Å². The van der Waals surface area contributed by atoms with Gasteiger partial charge in [-0.1, -0.05) is 6.08 Å². The Kier molecular flexibility index (Phi) is 3.75. The van der Waals surface area contributed by atoms with E-state index < -0.39 is 6.10 Å². The minimum absolute atomic E-state index is 0.461. The summed E-state index contributed by atoms with van der Waals surface area (Å²) in [6.45, 7) is 5.37. The molecule has 1 aromatic rings. The van der Waals surface area contributed by atoms with Gasteiger partial charge in [-0.15, -0.1) is 6.58 Å². The Balaban J connectivity index is 2.95. The lowest BCUT2D eigenvalue weighted by atomic mass is 10.1. The minimum Gasteiger partial charge on any atom is -0.476 e. The number of benzene rings is 1. The highest BCUT2D eigenvalue weighted by Gasteiger charge is 2.06. The highest BCUT2D eigenvalue weighted by Crippen LogP contribution is 2.23. The van der Waals surface area contributed by atoms with Crippen molar-refractivity contribution >= 4 is 5.69 Å². The number of rotatable bonds is 4. The molecule has 1 aromatic carbocycles. The monoisotopic (exact) mass is 202 g/mol. The first-order valence-corrected chi connectivity index (χ1v) is 4.73. The van der Waals surface area contributed by atoms with E-state index in [9.17, 15) is 0 Å². The van der Waals surface area contributed by atoms with Gasteiger partial charge in [0, 0.05) is 5.69 Å². The molecule has 0 heterocycles. The fourth-order valence-electron chi connectivity index (χ4n) is 1.25. The van der Waals surface area contributed by atoms with Crippen LogP contribution < -0.4 is 10.5 Å². The van der Waals surface area contributed by atoms with Crippen molar-refractivity contribution in [3.05, 3.63) is 36.4 Å². The summed E-state index contributed by atoms with van der Waals surface area (Å²) in [6.07, 6.45) is 1.99. The molecule has 1 unspecified atom stereocenters. The second-order valence-corrected chi connectivity index (χ2v) is 3.25. The van der Waals surface area contributed by atoms with Crippen molar-refractivity contribution in [3.8, 4) is 11.8 Å². The van der Waals surface area contributed by atoms with Crippen LogP contribution in [0, 0.1) is 11.3 Å². The van der Waals surface area contributed by atoms with Crippen LogP contribution in [0.25, 0.3) is 0 Å². The number of hydrogen-bond acceptors (Lipinski definition) is 3. The van der Waals surface area contributed by atoms with Crippen LogP contribution in [0.1, 0.15) is 12.5 Å². The molecule has 78 valence electrons. The normalized spacial score (nSPS) is 11.5. The average molecular weight is 202 g/mol. The Labute approximate surface area is 89.8 Å². The largest absolute Gasteiger partial charge is 0.476 e. The third-order valence-electron chi connectivity index (χ3n) is 1.93. The van der Waals surface area contributed by atoms with Gasteiger partial charge in [-0.2, -0.15) is 5.26 Å². The van der Waals surface area contributed by atoms with Crippen LogP contribution in [0.4, 0.5) is 5.69 Å². The Hall–Kier alpha value is -1.95. The van der Waals surface area contributed by atoms with E-state index >= 15 is 0 Å². The van der Waals surface area contributed by atoms with Crippen molar-refractivity contribution in [2.75, 3.05) is 5.73 Å². The molecule has 2 N–H and O–H groups in total. The minimum atomic E-state index is -0.461. The lowest BCUT2D eigenvalue weighted by Gasteiger charge is -2.12. The van der Waals surface area contributed by atoms with E-state index in [2.05, 4.69) is 6.58 Å². The molecule has 0 bridgehead atoms. The van der Waals surface area contributed by atoms with Gasteiger partial charge in [-0.05, 0) is 37.1 Å². The topological polar surface area (TPSA) is 59.0 Å². The first kappa shape index (κ1) is 11.1. The Bertz CT molecular complexity index is 393. The van der Waals surface area contributed by atoms with Crippen molar-refractivity contribution in [2.45, 2.75) is 19.4 Å². The smallest absolute Gasteiger partial charge is 0.181 e. The van der Waals surface area contributed by atoms with Gasteiger partial charge in [0.05, 0.1) is 0 Å². The summed E-state index contributed by atoms with van der Waals surface area (Å²) in [5.41, 5.74) is 7.30. The summed E-state index contributed by atoms with van der Waals surface area (Å²) < 4.78 is 5.44. The fraction of sp³-hybridized carbons (Fsp3) is 0.250. The molecule has 3 nitrogen and oxygen atoms in total. The Morgan fingerprint density at radius 3 is 3.00 bits per heavy atom. The molecular weight excluding hydrogens is 188 g/mol. The molecule has 0 saturated carbocycles. The van der Waals surface area contributed by atoms with Gasteiger partial charge in [-0.25, -0.2) is 0 Å². The standard InChI is InChI=1S/C12H14N2O/c1-3-4-10-7-11(14)5-6-12(10)15-9(2)8-13/h3,5-7,9H,1,4,14H2,2H3. The number of nitriles is 1. The van der Waals surface area contributed by atoms with E-state index in [1.54, 1.807) is 25.1 Å². The van der Waals surface area contributed by atoms with Crippen LogP contribution >= 0.6 is 0 Å². The van der Waals surface area contributed by atoms with E-state index in [0.717, 1.165) is 5.56 Å². The SMILES string of the molecule is C=CCc1cc(N)ccc1OC(C)C#N. The summed E-state index contributed by atoms with van der Waals surface area (Å²) in [7, 11) is 0. The van der Waals surface area contributed by atoms with Crippen LogP contribution in [0.2, 0.25) is 0 Å². The van der Waals surface area contributed by atoms with Crippen LogP contribution in [0.15, 0.2) is 30.9 Å². The molecule has 0 aliphatic heterocycles. The van der Waals surface area contributed by atoms with E-state index in [0.29, 0.717) is 17.9 Å². The van der Waals surface area contributed by atoms with Gasteiger partial charge in [0.25, 0.3) is 0 Å². The van der Waals surface area contributed by atoms with Gasteiger partial charge in [0.15, 0.2) is 6.10 Å². The van der Waals surface area contributed by atoms with Gasteiger partial charge < -0.3 is 10.5 Å². The first-order valence-electron chi connectivity index (χ1n) is 4.73. The molecule has 0 radical (unpaired) electrons. The van der Waals surface area contributed by atoms with Crippen molar-refractivity contribution in [1.82, 2.24) is 0 Å². The van der Waals surface area contributed by atoms with Crippen molar-refractivity contribution in [2.24, 2.45) is 0 Å². The number of nitrogen functional groups attached to an aromatic ring is 1. The molecule has 0 aromatic heterocycles. The number of hydrogen-bond donors (Lipinski definition) is 1.